The molecule has 0 aromatic heterocycles. The number of methoxy groups -OCH3 is 1. The van der Waals surface area contributed by atoms with Gasteiger partial charge in [-0.25, -0.2) is 0 Å². The minimum absolute atomic E-state index is 0.0905. The van der Waals surface area contributed by atoms with Crippen LogP contribution in [0.1, 0.15) is 24.2 Å². The van der Waals surface area contributed by atoms with Crippen LogP contribution in [0.5, 0.6) is 5.75 Å². The highest BCUT2D eigenvalue weighted by molar-refractivity contribution is 5.94. The Labute approximate surface area is 155 Å². The summed E-state index contributed by atoms with van der Waals surface area (Å²) in [5, 5.41) is 2.93. The average Bonchev–Trinajstić information content (AvgIpc) is 2.67. The number of amides is 2. The van der Waals surface area contributed by atoms with Crippen LogP contribution in [0.3, 0.4) is 0 Å². The van der Waals surface area contributed by atoms with Crippen LogP contribution in [-0.4, -0.2) is 74.0 Å². The largest absolute Gasteiger partial charge is 0.497 e. The molecule has 0 saturated carbocycles. The van der Waals surface area contributed by atoms with Crippen LogP contribution in [0, 0.1) is 5.92 Å². The third-order valence-corrected chi connectivity index (χ3v) is 4.93. The Morgan fingerprint density at radius 2 is 1.77 bits per heavy atom. The van der Waals surface area contributed by atoms with Crippen molar-refractivity contribution in [2.24, 2.45) is 11.7 Å². The minimum atomic E-state index is -0.148. The second kappa shape index (κ2) is 9.54. The summed E-state index contributed by atoms with van der Waals surface area (Å²) in [5.74, 6) is 0.623. The van der Waals surface area contributed by atoms with Gasteiger partial charge in [-0.3, -0.25) is 14.5 Å². The van der Waals surface area contributed by atoms with Gasteiger partial charge in [0.25, 0.3) is 5.91 Å². The smallest absolute Gasteiger partial charge is 0.251 e. The van der Waals surface area contributed by atoms with E-state index in [0.717, 1.165) is 25.4 Å². The fourth-order valence-electron chi connectivity index (χ4n) is 2.88. The van der Waals surface area contributed by atoms with Gasteiger partial charge < -0.3 is 20.7 Å². The molecule has 1 fully saturated rings. The van der Waals surface area contributed by atoms with E-state index in [2.05, 4.69) is 10.2 Å². The van der Waals surface area contributed by atoms with Gasteiger partial charge in [0, 0.05) is 50.9 Å². The van der Waals surface area contributed by atoms with Crippen molar-refractivity contribution in [2.75, 3.05) is 46.4 Å². The van der Waals surface area contributed by atoms with Gasteiger partial charge in [0.1, 0.15) is 5.75 Å². The van der Waals surface area contributed by atoms with Crippen molar-refractivity contribution < 1.29 is 14.3 Å². The molecule has 26 heavy (non-hydrogen) atoms. The molecule has 0 radical (unpaired) electrons. The van der Waals surface area contributed by atoms with Gasteiger partial charge in [0.15, 0.2) is 0 Å². The van der Waals surface area contributed by atoms with Crippen molar-refractivity contribution in [1.29, 1.82) is 0 Å². The summed E-state index contributed by atoms with van der Waals surface area (Å²) >= 11 is 0. The maximum Gasteiger partial charge on any atom is 0.251 e. The van der Waals surface area contributed by atoms with Gasteiger partial charge in [-0.1, -0.05) is 6.92 Å². The third kappa shape index (κ3) is 5.44. The lowest BCUT2D eigenvalue weighted by molar-refractivity contribution is -0.137. The summed E-state index contributed by atoms with van der Waals surface area (Å²) in [6.07, 6.45) is 0. The van der Waals surface area contributed by atoms with Crippen molar-refractivity contribution in [3.63, 3.8) is 0 Å². The predicted octanol–water partition coefficient (Wildman–Crippen LogP) is 0.553. The fourth-order valence-corrected chi connectivity index (χ4v) is 2.88. The molecule has 1 aliphatic heterocycles. The number of benzene rings is 1. The molecule has 2 unspecified atom stereocenters. The van der Waals surface area contributed by atoms with Crippen LogP contribution in [0.25, 0.3) is 0 Å². The Bertz CT molecular complexity index is 595. The lowest BCUT2D eigenvalue weighted by Crippen LogP contribution is -2.52. The maximum absolute atomic E-state index is 12.3. The number of piperazine rings is 1. The number of hydrogen-bond donors (Lipinski definition) is 2. The lowest BCUT2D eigenvalue weighted by atomic mass is 10.0. The van der Waals surface area contributed by atoms with Gasteiger partial charge in [-0.05, 0) is 31.2 Å². The van der Waals surface area contributed by atoms with Crippen LogP contribution < -0.4 is 15.8 Å². The number of carbonyl (C=O) groups is 2. The van der Waals surface area contributed by atoms with Crippen LogP contribution >= 0.6 is 0 Å². The molecule has 1 aliphatic rings. The van der Waals surface area contributed by atoms with Crippen LogP contribution in [0.2, 0.25) is 0 Å². The molecule has 2 atom stereocenters. The summed E-state index contributed by atoms with van der Waals surface area (Å²) in [5.41, 5.74) is 6.44. The summed E-state index contributed by atoms with van der Waals surface area (Å²) < 4.78 is 5.09. The highest BCUT2D eigenvalue weighted by Crippen LogP contribution is 2.11. The van der Waals surface area contributed by atoms with E-state index in [1.807, 2.05) is 18.7 Å². The molecule has 0 aliphatic carbocycles. The van der Waals surface area contributed by atoms with E-state index in [9.17, 15) is 9.59 Å². The van der Waals surface area contributed by atoms with Crippen LogP contribution in [-0.2, 0) is 4.79 Å². The molecule has 1 saturated heterocycles. The van der Waals surface area contributed by atoms with Crippen molar-refractivity contribution in [2.45, 2.75) is 19.9 Å². The Kier molecular flexibility index (Phi) is 7.41. The Morgan fingerprint density at radius 3 is 2.31 bits per heavy atom. The highest BCUT2D eigenvalue weighted by Gasteiger charge is 2.26. The number of nitrogens with two attached hydrogens (primary N) is 1. The first-order valence-corrected chi connectivity index (χ1v) is 9.11. The van der Waals surface area contributed by atoms with Gasteiger partial charge in [0.05, 0.1) is 13.0 Å². The van der Waals surface area contributed by atoms with E-state index in [4.69, 9.17) is 10.5 Å². The zero-order valence-electron chi connectivity index (χ0n) is 15.9. The fraction of sp³-hybridized carbons (Fsp3) is 0.579. The number of rotatable bonds is 7. The summed E-state index contributed by atoms with van der Waals surface area (Å²) in [4.78, 5) is 28.6. The van der Waals surface area contributed by atoms with Gasteiger partial charge in [-0.2, -0.15) is 0 Å². The molecule has 7 nitrogen and oxygen atoms in total. The van der Waals surface area contributed by atoms with Gasteiger partial charge >= 0.3 is 0 Å². The third-order valence-electron chi connectivity index (χ3n) is 4.93. The topological polar surface area (TPSA) is 87.9 Å². The highest BCUT2D eigenvalue weighted by atomic mass is 16.5. The predicted molar refractivity (Wildman–Crippen MR) is 101 cm³/mol. The lowest BCUT2D eigenvalue weighted by Gasteiger charge is -2.36. The summed E-state index contributed by atoms with van der Waals surface area (Å²) in [6, 6.07) is 6.91. The van der Waals surface area contributed by atoms with Crippen molar-refractivity contribution in [3.05, 3.63) is 29.8 Å². The molecular weight excluding hydrogens is 332 g/mol. The second-order valence-corrected chi connectivity index (χ2v) is 6.80. The number of nitrogens with zero attached hydrogens (tertiary/aromatic N) is 2. The number of ether oxygens (including phenoxy) is 1. The maximum atomic E-state index is 12.3. The SMILES string of the molecule is COc1ccc(C(=O)NCCN2CCN(C(=O)C(C)C(C)N)CC2)cc1. The van der Waals surface area contributed by atoms with Crippen LogP contribution in [0.4, 0.5) is 0 Å². The normalized spacial score (nSPS) is 17.5. The molecule has 144 valence electrons. The molecule has 2 amide bonds. The Balaban J connectivity index is 1.69. The summed E-state index contributed by atoms with van der Waals surface area (Å²) in [7, 11) is 1.60. The van der Waals surface area contributed by atoms with Gasteiger partial charge in [0.2, 0.25) is 5.91 Å². The average molecular weight is 362 g/mol. The van der Waals surface area contributed by atoms with E-state index in [1.165, 1.54) is 0 Å². The number of hydrogen-bond acceptors (Lipinski definition) is 5. The Hall–Kier alpha value is -2.12. The van der Waals surface area contributed by atoms with E-state index >= 15 is 0 Å². The molecule has 7 heteroatoms. The zero-order chi connectivity index (χ0) is 19.1. The van der Waals surface area contributed by atoms with Gasteiger partial charge in [-0.15, -0.1) is 0 Å². The second-order valence-electron chi connectivity index (χ2n) is 6.80. The van der Waals surface area contributed by atoms with E-state index in [1.54, 1.807) is 31.4 Å². The first kappa shape index (κ1) is 20.2. The first-order valence-electron chi connectivity index (χ1n) is 9.11. The van der Waals surface area contributed by atoms with Crippen molar-refractivity contribution >= 4 is 11.8 Å². The van der Waals surface area contributed by atoms with Crippen LogP contribution in [0.15, 0.2) is 24.3 Å². The molecule has 0 spiro atoms. The molecule has 2 rings (SSSR count). The first-order chi connectivity index (χ1) is 12.4. The molecule has 1 aromatic carbocycles. The molecule has 1 aromatic rings. The zero-order valence-corrected chi connectivity index (χ0v) is 15.9. The number of nitrogens with one attached hydrogen (secondary N) is 1. The van der Waals surface area contributed by atoms with Crippen molar-refractivity contribution in [1.82, 2.24) is 15.1 Å². The molecular formula is C19H30N4O3. The van der Waals surface area contributed by atoms with E-state index in [0.29, 0.717) is 25.2 Å². The molecule has 3 N–H and O–H groups in total. The standard InChI is InChI=1S/C19H30N4O3/c1-14(15(2)20)19(25)23-12-10-22(11-13-23)9-8-21-18(24)16-4-6-17(26-3)7-5-16/h4-7,14-15H,8-13,20H2,1-3H3,(H,21,24). The Morgan fingerprint density at radius 1 is 1.15 bits per heavy atom. The minimum Gasteiger partial charge on any atom is -0.497 e. The summed E-state index contributed by atoms with van der Waals surface area (Å²) in [6.45, 7) is 8.15. The number of carbonyl (C=O) groups excluding carboxylic acids is 2. The monoisotopic (exact) mass is 362 g/mol. The molecule has 1 heterocycles. The quantitative estimate of drug-likeness (QED) is 0.740. The van der Waals surface area contributed by atoms with Crippen molar-refractivity contribution in [3.8, 4) is 5.75 Å². The van der Waals surface area contributed by atoms with E-state index in [-0.39, 0.29) is 23.8 Å². The molecule has 0 bridgehead atoms. The van der Waals surface area contributed by atoms with E-state index < -0.39 is 0 Å².